The Morgan fingerprint density at radius 3 is 2.57 bits per heavy atom. The quantitative estimate of drug-likeness (QED) is 0.630. The molecule has 3 aromatic rings. The minimum absolute atomic E-state index is 0.0639. The van der Waals surface area contributed by atoms with E-state index in [4.69, 9.17) is 4.74 Å². The molecule has 1 aliphatic rings. The van der Waals surface area contributed by atoms with Gasteiger partial charge in [-0.3, -0.25) is 14.5 Å². The first-order valence-corrected chi connectivity index (χ1v) is 10.4. The predicted octanol–water partition coefficient (Wildman–Crippen LogP) is 4.62. The second-order valence-corrected chi connectivity index (χ2v) is 7.75. The van der Waals surface area contributed by atoms with Gasteiger partial charge in [-0.2, -0.15) is 0 Å². The van der Waals surface area contributed by atoms with Crippen LogP contribution in [0, 0.1) is 5.82 Å². The maximum atomic E-state index is 13.6. The summed E-state index contributed by atoms with van der Waals surface area (Å²) in [7, 11) is 0. The number of para-hydroxylation sites is 1. The lowest BCUT2D eigenvalue weighted by molar-refractivity contribution is -0.118. The van der Waals surface area contributed by atoms with Crippen molar-refractivity contribution >= 4 is 35.0 Å². The molecule has 0 saturated carbocycles. The molecule has 4 rings (SSSR count). The van der Waals surface area contributed by atoms with Crippen LogP contribution in [0.5, 0.6) is 5.75 Å². The molecule has 0 aromatic heterocycles. The zero-order valence-electron chi connectivity index (χ0n) is 16.0. The molecule has 30 heavy (non-hydrogen) atoms. The lowest BCUT2D eigenvalue weighted by Crippen LogP contribution is -2.27. The second kappa shape index (κ2) is 9.00. The molecule has 1 N–H and O–H groups in total. The number of thioether (sulfide) groups is 1. The van der Waals surface area contributed by atoms with Crippen molar-refractivity contribution in [1.82, 2.24) is 0 Å². The molecule has 5 nitrogen and oxygen atoms in total. The van der Waals surface area contributed by atoms with E-state index in [1.54, 1.807) is 41.3 Å². The summed E-state index contributed by atoms with van der Waals surface area (Å²) in [6, 6.07) is 22.4. The number of ether oxygens (including phenoxy) is 1. The number of nitrogens with one attached hydrogen (secondary N) is 1. The number of rotatable bonds is 6. The number of carbonyl (C=O) groups is 2. The van der Waals surface area contributed by atoms with Crippen LogP contribution in [0.15, 0.2) is 78.9 Å². The number of carbonyl (C=O) groups excluding carboxylic acids is 2. The fourth-order valence-electron chi connectivity index (χ4n) is 3.17. The topological polar surface area (TPSA) is 58.6 Å². The van der Waals surface area contributed by atoms with Crippen LogP contribution >= 0.6 is 11.8 Å². The Morgan fingerprint density at radius 1 is 1.07 bits per heavy atom. The van der Waals surface area contributed by atoms with Crippen LogP contribution in [-0.2, 0) is 9.59 Å². The summed E-state index contributed by atoms with van der Waals surface area (Å²) in [6.07, 6.45) is 0. The Bertz CT molecular complexity index is 1040. The van der Waals surface area contributed by atoms with Crippen molar-refractivity contribution in [2.24, 2.45) is 0 Å². The first kappa shape index (κ1) is 20.0. The molecule has 0 bridgehead atoms. The van der Waals surface area contributed by atoms with Gasteiger partial charge >= 0.3 is 0 Å². The molecule has 152 valence electrons. The molecule has 0 aliphatic carbocycles. The van der Waals surface area contributed by atoms with E-state index in [9.17, 15) is 14.0 Å². The normalized spacial score (nSPS) is 15.8. The zero-order valence-corrected chi connectivity index (χ0v) is 16.8. The SMILES string of the molecule is O=C(COc1ccccc1)Nc1ccc([C@@H]2SCC(=O)N2c2cccc(F)c2)cc1. The zero-order chi connectivity index (χ0) is 20.9. The van der Waals surface area contributed by atoms with Gasteiger partial charge in [0.15, 0.2) is 6.61 Å². The molecular weight excluding hydrogens is 403 g/mol. The van der Waals surface area contributed by atoms with Crippen molar-refractivity contribution in [2.45, 2.75) is 5.37 Å². The van der Waals surface area contributed by atoms with Crippen LogP contribution in [0.4, 0.5) is 15.8 Å². The Balaban J connectivity index is 1.41. The third-order valence-corrected chi connectivity index (χ3v) is 5.76. The molecule has 1 saturated heterocycles. The van der Waals surface area contributed by atoms with Crippen LogP contribution in [-0.4, -0.2) is 24.2 Å². The number of anilines is 2. The summed E-state index contributed by atoms with van der Waals surface area (Å²) in [5.41, 5.74) is 2.06. The van der Waals surface area contributed by atoms with Crippen molar-refractivity contribution in [1.29, 1.82) is 0 Å². The Morgan fingerprint density at radius 2 is 1.83 bits per heavy atom. The average Bonchev–Trinajstić information content (AvgIpc) is 3.15. The average molecular weight is 422 g/mol. The number of halogens is 1. The predicted molar refractivity (Wildman–Crippen MR) is 116 cm³/mol. The molecule has 0 radical (unpaired) electrons. The molecule has 3 aromatic carbocycles. The molecular formula is C23H19FN2O3S. The van der Waals surface area contributed by atoms with Gasteiger partial charge in [0.1, 0.15) is 16.9 Å². The Hall–Kier alpha value is -3.32. The summed E-state index contributed by atoms with van der Waals surface area (Å²) in [4.78, 5) is 26.1. The van der Waals surface area contributed by atoms with Gasteiger partial charge in [0.2, 0.25) is 5.91 Å². The highest BCUT2D eigenvalue weighted by Crippen LogP contribution is 2.42. The van der Waals surface area contributed by atoms with E-state index in [-0.39, 0.29) is 29.6 Å². The van der Waals surface area contributed by atoms with Crippen LogP contribution in [0.2, 0.25) is 0 Å². The van der Waals surface area contributed by atoms with Crippen LogP contribution in [0.25, 0.3) is 0 Å². The molecule has 7 heteroatoms. The summed E-state index contributed by atoms with van der Waals surface area (Å²) in [5, 5.41) is 2.54. The van der Waals surface area contributed by atoms with E-state index >= 15 is 0 Å². The molecule has 0 unspecified atom stereocenters. The molecule has 1 atom stereocenters. The monoisotopic (exact) mass is 422 g/mol. The van der Waals surface area contributed by atoms with Gasteiger partial charge < -0.3 is 10.1 Å². The maximum Gasteiger partial charge on any atom is 0.262 e. The number of nitrogens with zero attached hydrogens (tertiary/aromatic N) is 1. The van der Waals surface area contributed by atoms with E-state index in [1.807, 2.05) is 30.3 Å². The molecule has 0 spiro atoms. The summed E-state index contributed by atoms with van der Waals surface area (Å²) < 4.78 is 19.1. The van der Waals surface area contributed by atoms with Crippen molar-refractivity contribution < 1.29 is 18.7 Å². The minimum atomic E-state index is -0.383. The van der Waals surface area contributed by atoms with Gasteiger partial charge in [0, 0.05) is 11.4 Å². The fraction of sp³-hybridized carbons (Fsp3) is 0.130. The molecule has 2 amide bonds. The Labute approximate surface area is 177 Å². The van der Waals surface area contributed by atoms with Crippen LogP contribution < -0.4 is 15.0 Å². The summed E-state index contributed by atoms with van der Waals surface area (Å²) in [6.45, 7) is -0.0912. The van der Waals surface area contributed by atoms with Crippen molar-refractivity contribution in [3.05, 3.63) is 90.2 Å². The standard InChI is InChI=1S/C23H19FN2O3S/c24-17-5-4-6-19(13-17)26-22(28)15-30-23(26)16-9-11-18(12-10-16)25-21(27)14-29-20-7-2-1-3-8-20/h1-13,23H,14-15H2,(H,25,27)/t23-/m0/s1. The number of benzene rings is 3. The van der Waals surface area contributed by atoms with E-state index in [0.29, 0.717) is 22.9 Å². The van der Waals surface area contributed by atoms with Crippen LogP contribution in [0.3, 0.4) is 0 Å². The van der Waals surface area contributed by atoms with Gasteiger partial charge in [0.25, 0.3) is 5.91 Å². The summed E-state index contributed by atoms with van der Waals surface area (Å²) in [5.74, 6) is 0.246. The Kier molecular flexibility index (Phi) is 5.99. The van der Waals surface area contributed by atoms with Crippen molar-refractivity contribution in [2.75, 3.05) is 22.6 Å². The number of hydrogen-bond acceptors (Lipinski definition) is 4. The number of amides is 2. The van der Waals surface area contributed by atoms with E-state index in [2.05, 4.69) is 5.32 Å². The van der Waals surface area contributed by atoms with Gasteiger partial charge in [-0.25, -0.2) is 4.39 Å². The highest BCUT2D eigenvalue weighted by molar-refractivity contribution is 8.00. The van der Waals surface area contributed by atoms with Gasteiger partial charge in [-0.15, -0.1) is 11.8 Å². The highest BCUT2D eigenvalue weighted by Gasteiger charge is 2.34. The number of hydrogen-bond donors (Lipinski definition) is 1. The van der Waals surface area contributed by atoms with Crippen molar-refractivity contribution in [3.63, 3.8) is 0 Å². The third-order valence-electron chi connectivity index (χ3n) is 4.55. The fourth-order valence-corrected chi connectivity index (χ4v) is 4.35. The maximum absolute atomic E-state index is 13.6. The molecule has 1 heterocycles. The van der Waals surface area contributed by atoms with E-state index < -0.39 is 0 Å². The van der Waals surface area contributed by atoms with Gasteiger partial charge in [0.05, 0.1) is 5.75 Å². The first-order valence-electron chi connectivity index (χ1n) is 9.37. The van der Waals surface area contributed by atoms with E-state index in [0.717, 1.165) is 5.56 Å². The molecule has 1 aliphatic heterocycles. The smallest absolute Gasteiger partial charge is 0.262 e. The van der Waals surface area contributed by atoms with Gasteiger partial charge in [-0.1, -0.05) is 36.4 Å². The highest BCUT2D eigenvalue weighted by atomic mass is 32.2. The largest absolute Gasteiger partial charge is 0.484 e. The second-order valence-electron chi connectivity index (χ2n) is 6.68. The van der Waals surface area contributed by atoms with Crippen LogP contribution in [0.1, 0.15) is 10.9 Å². The third kappa shape index (κ3) is 4.63. The first-order chi connectivity index (χ1) is 14.6. The lowest BCUT2D eigenvalue weighted by Gasteiger charge is -2.24. The van der Waals surface area contributed by atoms with Gasteiger partial charge in [-0.05, 0) is 48.0 Å². The van der Waals surface area contributed by atoms with Crippen molar-refractivity contribution in [3.8, 4) is 5.75 Å². The van der Waals surface area contributed by atoms with E-state index in [1.165, 1.54) is 23.9 Å². The minimum Gasteiger partial charge on any atom is -0.484 e. The summed E-state index contributed by atoms with van der Waals surface area (Å²) >= 11 is 1.48. The lowest BCUT2D eigenvalue weighted by atomic mass is 10.1. The molecule has 1 fully saturated rings.